The van der Waals surface area contributed by atoms with Crippen LogP contribution in [0.5, 0.6) is 17.2 Å². The number of carbonyl (C=O) groups is 5. The lowest BCUT2D eigenvalue weighted by atomic mass is 9.44. The second-order valence-electron chi connectivity index (χ2n) is 15.5. The lowest BCUT2D eigenvalue weighted by Crippen LogP contribution is -2.70. The van der Waals surface area contributed by atoms with E-state index in [1.807, 2.05) is 13.8 Å². The van der Waals surface area contributed by atoms with Gasteiger partial charge in [0.05, 0.1) is 18.3 Å². The third-order valence-corrected chi connectivity index (χ3v) is 12.4. The van der Waals surface area contributed by atoms with Crippen LogP contribution in [0.2, 0.25) is 0 Å². The van der Waals surface area contributed by atoms with Crippen molar-refractivity contribution < 1.29 is 62.6 Å². The first-order valence-corrected chi connectivity index (χ1v) is 18.6. The number of halogens is 1. The number of allylic oxidation sites excluding steroid dienone is 4. The van der Waals surface area contributed by atoms with Crippen molar-refractivity contribution in [2.45, 2.75) is 116 Å². The first kappa shape index (κ1) is 39.9. The van der Waals surface area contributed by atoms with Crippen molar-refractivity contribution in [2.75, 3.05) is 13.2 Å². The molecule has 8 atom stereocenters. The number of aliphatic hydroxyl groups is 1. The maximum atomic E-state index is 17.8. The van der Waals surface area contributed by atoms with Crippen LogP contribution < -0.4 is 4.74 Å². The molecule has 1 aromatic rings. The standard InChI is InChI=1S/C40H51FO12/c1-6-8-10-16-50-35(48)24-18-29(43)34(47)30(19-24)52-36(49)51-22-32(45)40(53-33(46)11-9-7-2)23(3)17-28-27-13-12-25-20-26(42)14-15-37(25,4)39(27,41)31(44)21-38(28,40)5/h14-15,18-20,23,27-28,31,43-44,47H,6-13,16-17,21-22H2,1-5H3. The van der Waals surface area contributed by atoms with Gasteiger partial charge in [0.25, 0.3) is 0 Å². The van der Waals surface area contributed by atoms with E-state index in [-0.39, 0.29) is 37.2 Å². The largest absolute Gasteiger partial charge is 0.514 e. The molecule has 0 aromatic heterocycles. The second kappa shape index (κ2) is 15.2. The number of esters is 2. The van der Waals surface area contributed by atoms with Gasteiger partial charge in [0, 0.05) is 29.1 Å². The van der Waals surface area contributed by atoms with E-state index in [4.69, 9.17) is 18.9 Å². The molecule has 5 rings (SSSR count). The molecule has 8 unspecified atom stereocenters. The Morgan fingerprint density at radius 2 is 1.72 bits per heavy atom. The number of phenolic OH excluding ortho intramolecular Hbond substituents is 2. The Balaban J connectivity index is 1.41. The van der Waals surface area contributed by atoms with Crippen LogP contribution >= 0.6 is 0 Å². The summed E-state index contributed by atoms with van der Waals surface area (Å²) in [4.78, 5) is 65.6. The molecule has 0 amide bonds. The fourth-order valence-electron chi connectivity index (χ4n) is 9.69. The second-order valence-corrected chi connectivity index (χ2v) is 15.5. The molecule has 0 heterocycles. The van der Waals surface area contributed by atoms with Gasteiger partial charge in [0.1, 0.15) is 0 Å². The van der Waals surface area contributed by atoms with Crippen molar-refractivity contribution in [3.05, 3.63) is 41.5 Å². The number of aliphatic hydroxyl groups excluding tert-OH is 1. The maximum absolute atomic E-state index is 17.8. The Labute approximate surface area is 308 Å². The minimum absolute atomic E-state index is 0.00608. The van der Waals surface area contributed by atoms with Crippen molar-refractivity contribution in [2.24, 2.45) is 28.6 Å². The Hall–Kier alpha value is -4.26. The zero-order valence-corrected chi connectivity index (χ0v) is 31.1. The zero-order chi connectivity index (χ0) is 38.9. The van der Waals surface area contributed by atoms with Crippen LogP contribution in [0, 0.1) is 28.6 Å². The molecule has 12 nitrogen and oxygen atoms in total. The van der Waals surface area contributed by atoms with Gasteiger partial charge in [-0.05, 0) is 75.7 Å². The van der Waals surface area contributed by atoms with Crippen molar-refractivity contribution in [1.29, 1.82) is 0 Å². The minimum atomic E-state index is -2.19. The molecular formula is C40H51FO12. The molecule has 3 N–H and O–H groups in total. The topological polar surface area (TPSA) is 183 Å². The van der Waals surface area contributed by atoms with Gasteiger partial charge in [-0.3, -0.25) is 14.4 Å². The van der Waals surface area contributed by atoms with Gasteiger partial charge in [-0.1, -0.05) is 58.6 Å². The third kappa shape index (κ3) is 6.74. The highest BCUT2D eigenvalue weighted by molar-refractivity contribution is 6.01. The summed E-state index contributed by atoms with van der Waals surface area (Å²) in [5, 5.41) is 32.4. The molecule has 0 bridgehead atoms. The number of ether oxygens (including phenoxy) is 4. The number of hydrogen-bond donors (Lipinski definition) is 3. The smallest absolute Gasteiger partial charge is 0.504 e. The minimum Gasteiger partial charge on any atom is -0.504 e. The van der Waals surface area contributed by atoms with Crippen molar-refractivity contribution in [1.82, 2.24) is 0 Å². The van der Waals surface area contributed by atoms with Gasteiger partial charge in [-0.2, -0.15) is 0 Å². The molecule has 53 heavy (non-hydrogen) atoms. The fraction of sp³-hybridized carbons (Fsp3) is 0.625. The summed E-state index contributed by atoms with van der Waals surface area (Å²) in [6.07, 6.45) is 5.45. The van der Waals surface area contributed by atoms with Gasteiger partial charge in [-0.15, -0.1) is 0 Å². The molecule has 1 aromatic carbocycles. The Kier molecular flexibility index (Phi) is 11.5. The molecule has 4 aliphatic carbocycles. The number of benzene rings is 1. The Bertz CT molecular complexity index is 1700. The van der Waals surface area contributed by atoms with Crippen LogP contribution in [0.15, 0.2) is 35.9 Å². The van der Waals surface area contributed by atoms with E-state index in [0.29, 0.717) is 37.7 Å². The Morgan fingerprint density at radius 1 is 1.00 bits per heavy atom. The summed E-state index contributed by atoms with van der Waals surface area (Å²) >= 11 is 0. The van der Waals surface area contributed by atoms with E-state index in [1.54, 1.807) is 20.8 Å². The number of unbranched alkanes of at least 4 members (excludes halogenated alkanes) is 3. The Morgan fingerprint density at radius 3 is 2.42 bits per heavy atom. The fourth-order valence-corrected chi connectivity index (χ4v) is 9.69. The number of carbonyl (C=O) groups excluding carboxylic acids is 5. The van der Waals surface area contributed by atoms with Crippen LogP contribution in [0.3, 0.4) is 0 Å². The first-order valence-electron chi connectivity index (χ1n) is 18.6. The average molecular weight is 743 g/mol. The number of alkyl halides is 1. The molecular weight excluding hydrogens is 691 g/mol. The number of hydrogen-bond acceptors (Lipinski definition) is 12. The summed E-state index contributed by atoms with van der Waals surface area (Å²) < 4.78 is 39.5. The molecule has 13 heteroatoms. The van der Waals surface area contributed by atoms with Gasteiger partial charge >= 0.3 is 18.1 Å². The summed E-state index contributed by atoms with van der Waals surface area (Å²) in [7, 11) is 0. The summed E-state index contributed by atoms with van der Waals surface area (Å²) in [6, 6.07) is 1.93. The van der Waals surface area contributed by atoms with Crippen molar-refractivity contribution in [3.63, 3.8) is 0 Å². The van der Waals surface area contributed by atoms with E-state index in [0.717, 1.165) is 25.0 Å². The van der Waals surface area contributed by atoms with Crippen molar-refractivity contribution >= 4 is 29.7 Å². The molecule has 0 spiro atoms. The number of Topliss-reactive ketones (excluding diaryl/α,β-unsaturated/α-hetero) is 1. The summed E-state index contributed by atoms with van der Waals surface area (Å²) in [5.74, 6) is -6.77. The van der Waals surface area contributed by atoms with E-state index in [9.17, 15) is 39.3 Å². The maximum Gasteiger partial charge on any atom is 0.514 e. The van der Waals surface area contributed by atoms with Gasteiger partial charge in [0.2, 0.25) is 11.5 Å². The monoisotopic (exact) mass is 742 g/mol. The van der Waals surface area contributed by atoms with Crippen LogP contribution in [-0.4, -0.2) is 75.6 Å². The lowest BCUT2D eigenvalue weighted by Gasteiger charge is -2.62. The highest BCUT2D eigenvalue weighted by atomic mass is 19.1. The normalized spacial score (nSPS) is 32.8. The lowest BCUT2D eigenvalue weighted by molar-refractivity contribution is -0.228. The molecule has 0 radical (unpaired) electrons. The van der Waals surface area contributed by atoms with Crippen LogP contribution in [0.4, 0.5) is 9.18 Å². The quantitative estimate of drug-likeness (QED) is 0.0647. The SMILES string of the molecule is CCCCCOC(=O)c1cc(O)c(O)c(OC(=O)OCC(=O)C2(OC(=O)CCCC)C(C)CC3C4CCC5=CC(=O)C=CC5(C)C4(F)C(O)CC32C)c1. The van der Waals surface area contributed by atoms with Crippen LogP contribution in [-0.2, 0) is 28.6 Å². The van der Waals surface area contributed by atoms with Gasteiger partial charge in [-0.25, -0.2) is 14.0 Å². The highest BCUT2D eigenvalue weighted by Gasteiger charge is 2.77. The third-order valence-electron chi connectivity index (χ3n) is 12.4. The average Bonchev–Trinajstić information content (AvgIpc) is 3.32. The predicted molar refractivity (Wildman–Crippen MR) is 188 cm³/mol. The van der Waals surface area contributed by atoms with Crippen LogP contribution in [0.1, 0.15) is 109 Å². The number of rotatable bonds is 13. The van der Waals surface area contributed by atoms with E-state index in [1.165, 1.54) is 18.2 Å². The molecule has 0 saturated heterocycles. The highest BCUT2D eigenvalue weighted by Crippen LogP contribution is 2.71. The number of ketones is 2. The predicted octanol–water partition coefficient (Wildman–Crippen LogP) is 6.62. The number of fused-ring (bicyclic) bond motifs is 5. The molecule has 4 aliphatic rings. The van der Waals surface area contributed by atoms with E-state index >= 15 is 4.39 Å². The number of phenols is 2. The molecule has 0 aliphatic heterocycles. The summed E-state index contributed by atoms with van der Waals surface area (Å²) in [5.41, 5.74) is -6.28. The van der Waals surface area contributed by atoms with Gasteiger partial charge < -0.3 is 34.3 Å². The molecule has 290 valence electrons. The molecule has 3 fully saturated rings. The van der Waals surface area contributed by atoms with Crippen LogP contribution in [0.25, 0.3) is 0 Å². The van der Waals surface area contributed by atoms with E-state index < -0.39 is 93.7 Å². The number of aromatic hydroxyl groups is 2. The zero-order valence-electron chi connectivity index (χ0n) is 31.1. The summed E-state index contributed by atoms with van der Waals surface area (Å²) in [6.45, 7) is 8.18. The van der Waals surface area contributed by atoms with Crippen molar-refractivity contribution in [3.8, 4) is 17.2 Å². The van der Waals surface area contributed by atoms with Gasteiger partial charge in [0.15, 0.2) is 35.2 Å². The van der Waals surface area contributed by atoms with E-state index in [2.05, 4.69) is 0 Å². The first-order chi connectivity index (χ1) is 25.0. The molecule has 3 saturated carbocycles.